The first-order valence-electron chi connectivity index (χ1n) is 5.87. The fourth-order valence-electron chi connectivity index (χ4n) is 1.82. The van der Waals surface area contributed by atoms with Gasteiger partial charge in [-0.2, -0.15) is 5.10 Å². The summed E-state index contributed by atoms with van der Waals surface area (Å²) < 4.78 is 1.68. The van der Waals surface area contributed by atoms with Crippen molar-refractivity contribution in [1.82, 2.24) is 15.1 Å². The highest BCUT2D eigenvalue weighted by molar-refractivity contribution is 6.22. The molecule has 0 fully saturated rings. The van der Waals surface area contributed by atoms with Gasteiger partial charge in [0.15, 0.2) is 5.69 Å². The summed E-state index contributed by atoms with van der Waals surface area (Å²) in [6, 6.07) is 7.58. The number of hydrogen-bond acceptors (Lipinski definition) is 2. The molecule has 1 aromatic carbocycles. The van der Waals surface area contributed by atoms with Crippen LogP contribution in [0.5, 0.6) is 0 Å². The molecule has 0 saturated carbocycles. The summed E-state index contributed by atoms with van der Waals surface area (Å²) in [6.45, 7) is 1.80. The van der Waals surface area contributed by atoms with Crippen LogP contribution in [0.4, 0.5) is 0 Å². The molecule has 0 aliphatic heterocycles. The molecule has 2 aromatic rings. The van der Waals surface area contributed by atoms with Gasteiger partial charge in [-0.1, -0.05) is 18.2 Å². The Hall–Kier alpha value is -1.26. The highest BCUT2D eigenvalue weighted by atomic mass is 35.5. The normalized spacial score (nSPS) is 11.8. The molecule has 102 valence electrons. The number of alkyl halides is 2. The third kappa shape index (κ3) is 2.69. The van der Waals surface area contributed by atoms with Crippen molar-refractivity contribution in [2.75, 3.05) is 11.8 Å². The molecule has 2 rings (SSSR count). The highest BCUT2D eigenvalue weighted by Gasteiger charge is 2.27. The Labute approximate surface area is 121 Å². The molecule has 1 aromatic heterocycles. The maximum Gasteiger partial charge on any atom is 0.272 e. The maximum atomic E-state index is 12.3. The number of halogens is 2. The van der Waals surface area contributed by atoms with E-state index in [4.69, 9.17) is 23.2 Å². The van der Waals surface area contributed by atoms with E-state index in [9.17, 15) is 4.79 Å². The Morgan fingerprint density at radius 2 is 2.00 bits per heavy atom. The Morgan fingerprint density at radius 3 is 2.63 bits per heavy atom. The number of aromatic nitrogens is 2. The number of para-hydroxylation sites is 1. The number of fused-ring (bicyclic) bond motifs is 1. The van der Waals surface area contributed by atoms with Gasteiger partial charge in [0.2, 0.25) is 0 Å². The van der Waals surface area contributed by atoms with Crippen LogP contribution in [0, 0.1) is 0 Å². The molecule has 1 N–H and O–H groups in total. The standard InChI is InChI=1S/C13H15Cl2N3O/c1-13(7-14,8-15)16-12(19)11-9-5-3-4-6-10(9)18(2)17-11/h3-6H,7-8H2,1-2H3,(H,16,19). The summed E-state index contributed by atoms with van der Waals surface area (Å²) >= 11 is 11.7. The minimum absolute atomic E-state index is 0.243. The second kappa shape index (κ2) is 5.39. The molecule has 0 aliphatic rings. The lowest BCUT2D eigenvalue weighted by atomic mass is 10.1. The van der Waals surface area contributed by atoms with Crippen LogP contribution in [0.3, 0.4) is 0 Å². The molecule has 6 heteroatoms. The van der Waals surface area contributed by atoms with Gasteiger partial charge in [-0.3, -0.25) is 9.48 Å². The molecule has 0 bridgehead atoms. The van der Waals surface area contributed by atoms with Crippen molar-refractivity contribution in [1.29, 1.82) is 0 Å². The molecular formula is C13H15Cl2N3O. The van der Waals surface area contributed by atoms with Crippen LogP contribution >= 0.6 is 23.2 Å². The van der Waals surface area contributed by atoms with Crippen molar-refractivity contribution in [2.45, 2.75) is 12.5 Å². The SMILES string of the molecule is Cn1nc(C(=O)NC(C)(CCl)CCl)c2ccccc21. The topological polar surface area (TPSA) is 46.9 Å². The van der Waals surface area contributed by atoms with Crippen molar-refractivity contribution in [3.8, 4) is 0 Å². The van der Waals surface area contributed by atoms with Crippen LogP contribution in [0.15, 0.2) is 24.3 Å². The van der Waals surface area contributed by atoms with Crippen molar-refractivity contribution in [3.05, 3.63) is 30.0 Å². The van der Waals surface area contributed by atoms with E-state index in [1.54, 1.807) is 18.7 Å². The van der Waals surface area contributed by atoms with Gasteiger partial charge in [0.1, 0.15) is 0 Å². The van der Waals surface area contributed by atoms with Crippen LogP contribution < -0.4 is 5.32 Å². The summed E-state index contributed by atoms with van der Waals surface area (Å²) in [5.41, 5.74) is 0.657. The van der Waals surface area contributed by atoms with Crippen molar-refractivity contribution in [2.24, 2.45) is 7.05 Å². The van der Waals surface area contributed by atoms with Gasteiger partial charge in [-0.15, -0.1) is 23.2 Å². The largest absolute Gasteiger partial charge is 0.343 e. The number of benzene rings is 1. The van der Waals surface area contributed by atoms with Gasteiger partial charge >= 0.3 is 0 Å². The average molecular weight is 300 g/mol. The highest BCUT2D eigenvalue weighted by Crippen LogP contribution is 2.18. The minimum atomic E-state index is -0.640. The van der Waals surface area contributed by atoms with Crippen LogP contribution in [0.2, 0.25) is 0 Å². The number of amides is 1. The number of nitrogens with zero attached hydrogens (tertiary/aromatic N) is 2. The number of carbonyl (C=O) groups excluding carboxylic acids is 1. The van der Waals surface area contributed by atoms with Gasteiger partial charge in [-0.05, 0) is 13.0 Å². The molecular weight excluding hydrogens is 285 g/mol. The zero-order chi connectivity index (χ0) is 14.0. The lowest BCUT2D eigenvalue weighted by molar-refractivity contribution is 0.0917. The monoisotopic (exact) mass is 299 g/mol. The maximum absolute atomic E-state index is 12.3. The lowest BCUT2D eigenvalue weighted by Gasteiger charge is -2.25. The molecule has 0 atom stereocenters. The second-order valence-corrected chi connectivity index (χ2v) is 5.31. The predicted molar refractivity (Wildman–Crippen MR) is 78.0 cm³/mol. The molecule has 0 radical (unpaired) electrons. The molecule has 4 nitrogen and oxygen atoms in total. The fraction of sp³-hybridized carbons (Fsp3) is 0.385. The van der Waals surface area contributed by atoms with Crippen LogP contribution in [0.25, 0.3) is 10.9 Å². The van der Waals surface area contributed by atoms with E-state index in [1.165, 1.54) is 0 Å². The minimum Gasteiger partial charge on any atom is -0.343 e. The van der Waals surface area contributed by atoms with Gasteiger partial charge in [0.05, 0.1) is 11.1 Å². The van der Waals surface area contributed by atoms with Gasteiger partial charge < -0.3 is 5.32 Å². The van der Waals surface area contributed by atoms with Crippen molar-refractivity contribution >= 4 is 40.0 Å². The Balaban J connectivity index is 2.37. The first kappa shape index (κ1) is 14.2. The van der Waals surface area contributed by atoms with E-state index in [1.807, 2.05) is 24.3 Å². The third-order valence-electron chi connectivity index (χ3n) is 2.98. The van der Waals surface area contributed by atoms with Gasteiger partial charge in [0.25, 0.3) is 5.91 Å². The van der Waals surface area contributed by atoms with Gasteiger partial charge in [0, 0.05) is 24.2 Å². The van der Waals surface area contributed by atoms with Crippen LogP contribution in [0.1, 0.15) is 17.4 Å². The van der Waals surface area contributed by atoms with E-state index in [0.717, 1.165) is 10.9 Å². The van der Waals surface area contributed by atoms with E-state index in [0.29, 0.717) is 5.69 Å². The van der Waals surface area contributed by atoms with Crippen LogP contribution in [-0.2, 0) is 7.05 Å². The first-order valence-corrected chi connectivity index (χ1v) is 6.94. The number of aryl methyl sites for hydroxylation is 1. The molecule has 0 spiro atoms. The van der Waals surface area contributed by atoms with Gasteiger partial charge in [-0.25, -0.2) is 0 Å². The Morgan fingerprint density at radius 1 is 1.37 bits per heavy atom. The molecule has 1 amide bonds. The van der Waals surface area contributed by atoms with Crippen LogP contribution in [-0.4, -0.2) is 33.0 Å². The molecule has 0 saturated heterocycles. The smallest absolute Gasteiger partial charge is 0.272 e. The lowest BCUT2D eigenvalue weighted by Crippen LogP contribution is -2.49. The summed E-state index contributed by atoms with van der Waals surface area (Å²) in [4.78, 5) is 12.3. The predicted octanol–water partition coefficient (Wildman–Crippen LogP) is 2.54. The summed E-state index contributed by atoms with van der Waals surface area (Å²) in [6.07, 6.45) is 0. The Kier molecular flexibility index (Phi) is 4.02. The molecule has 19 heavy (non-hydrogen) atoms. The molecule has 0 aliphatic carbocycles. The molecule has 0 unspecified atom stereocenters. The zero-order valence-electron chi connectivity index (χ0n) is 10.8. The van der Waals surface area contributed by atoms with E-state index < -0.39 is 5.54 Å². The van der Waals surface area contributed by atoms with E-state index in [2.05, 4.69) is 10.4 Å². The van der Waals surface area contributed by atoms with E-state index in [-0.39, 0.29) is 17.7 Å². The summed E-state index contributed by atoms with van der Waals surface area (Å²) in [7, 11) is 1.81. The number of nitrogens with one attached hydrogen (secondary N) is 1. The Bertz CT molecular complexity index is 605. The summed E-state index contributed by atoms with van der Waals surface area (Å²) in [5.74, 6) is 0.223. The quantitative estimate of drug-likeness (QED) is 0.882. The fourth-order valence-corrected chi connectivity index (χ4v) is 2.24. The first-order chi connectivity index (χ1) is 9.00. The van der Waals surface area contributed by atoms with Crippen molar-refractivity contribution < 1.29 is 4.79 Å². The molecule has 1 heterocycles. The number of hydrogen-bond donors (Lipinski definition) is 1. The zero-order valence-corrected chi connectivity index (χ0v) is 12.3. The van der Waals surface area contributed by atoms with E-state index >= 15 is 0 Å². The van der Waals surface area contributed by atoms with Crippen molar-refractivity contribution in [3.63, 3.8) is 0 Å². The number of rotatable bonds is 4. The third-order valence-corrected chi connectivity index (χ3v) is 4.16. The second-order valence-electron chi connectivity index (χ2n) is 4.77. The number of carbonyl (C=O) groups is 1. The average Bonchev–Trinajstić information content (AvgIpc) is 2.77. The summed E-state index contributed by atoms with van der Waals surface area (Å²) in [5, 5.41) is 7.91.